The lowest BCUT2D eigenvalue weighted by Crippen LogP contribution is -2.21. The summed E-state index contributed by atoms with van der Waals surface area (Å²) in [6.45, 7) is 1.51. The zero-order valence-electron chi connectivity index (χ0n) is 9.23. The van der Waals surface area contributed by atoms with Gasteiger partial charge in [-0.15, -0.1) is 0 Å². The smallest absolute Gasteiger partial charge is 0.336 e. The maximum atomic E-state index is 11.3. The number of hydrogen-bond donors (Lipinski definition) is 0. The lowest BCUT2D eigenvalue weighted by atomic mass is 10.1. The minimum Gasteiger partial charge on any atom is -0.482 e. The molecule has 0 unspecified atom stereocenters. The van der Waals surface area contributed by atoms with Crippen LogP contribution in [0.3, 0.4) is 0 Å². The van der Waals surface area contributed by atoms with Crippen molar-refractivity contribution in [2.45, 2.75) is 19.4 Å². The molecule has 1 aliphatic heterocycles. The van der Waals surface area contributed by atoms with Crippen LogP contribution in [0.5, 0.6) is 5.75 Å². The van der Waals surface area contributed by atoms with Crippen molar-refractivity contribution in [3.63, 3.8) is 0 Å². The summed E-state index contributed by atoms with van der Waals surface area (Å²) < 4.78 is 10.6. The fourth-order valence-electron chi connectivity index (χ4n) is 2.03. The Balaban J connectivity index is 2.15. The van der Waals surface area contributed by atoms with Crippen LogP contribution in [0.25, 0.3) is 11.0 Å². The Labute approximate surface area is 96.8 Å². The Bertz CT molecular complexity index is 669. The summed E-state index contributed by atoms with van der Waals surface area (Å²) in [4.78, 5) is 22.4. The van der Waals surface area contributed by atoms with E-state index in [2.05, 4.69) is 0 Å². The van der Waals surface area contributed by atoms with E-state index in [4.69, 9.17) is 9.15 Å². The van der Waals surface area contributed by atoms with E-state index >= 15 is 0 Å². The highest BCUT2D eigenvalue weighted by Crippen LogP contribution is 2.32. The molecule has 3 rings (SSSR count). The monoisotopic (exact) mass is 230 g/mol. The zero-order valence-corrected chi connectivity index (χ0v) is 9.23. The highest BCUT2D eigenvalue weighted by Gasteiger charge is 2.26. The maximum Gasteiger partial charge on any atom is 0.336 e. The molecule has 2 aromatic rings. The van der Waals surface area contributed by atoms with Crippen molar-refractivity contribution >= 4 is 16.8 Å². The van der Waals surface area contributed by atoms with Crippen molar-refractivity contribution in [1.82, 2.24) is 0 Å². The highest BCUT2D eigenvalue weighted by molar-refractivity contribution is 5.84. The van der Waals surface area contributed by atoms with E-state index in [1.807, 2.05) is 6.07 Å². The fourth-order valence-corrected chi connectivity index (χ4v) is 2.03. The summed E-state index contributed by atoms with van der Waals surface area (Å²) >= 11 is 0. The molecule has 0 bridgehead atoms. The third-order valence-corrected chi connectivity index (χ3v) is 2.93. The van der Waals surface area contributed by atoms with Gasteiger partial charge in [0.2, 0.25) is 0 Å². The van der Waals surface area contributed by atoms with Gasteiger partial charge < -0.3 is 9.15 Å². The van der Waals surface area contributed by atoms with Gasteiger partial charge in [-0.25, -0.2) is 4.79 Å². The van der Waals surface area contributed by atoms with E-state index in [9.17, 15) is 9.59 Å². The third kappa shape index (κ3) is 1.62. The van der Waals surface area contributed by atoms with Gasteiger partial charge in [0, 0.05) is 23.9 Å². The molecule has 1 aliphatic rings. The number of carbonyl (C=O) groups is 1. The third-order valence-electron chi connectivity index (χ3n) is 2.93. The van der Waals surface area contributed by atoms with E-state index in [1.54, 1.807) is 12.1 Å². The molecular formula is C13H10O4. The Morgan fingerprint density at radius 3 is 2.94 bits per heavy atom. The molecule has 17 heavy (non-hydrogen) atoms. The van der Waals surface area contributed by atoms with Crippen LogP contribution in [0.2, 0.25) is 0 Å². The average Bonchev–Trinajstić information content (AvgIpc) is 2.68. The van der Waals surface area contributed by atoms with Gasteiger partial charge in [-0.2, -0.15) is 0 Å². The van der Waals surface area contributed by atoms with E-state index in [0.717, 1.165) is 10.9 Å². The van der Waals surface area contributed by atoms with Gasteiger partial charge in [-0.05, 0) is 24.6 Å². The fraction of sp³-hybridized carbons (Fsp3) is 0.231. The van der Waals surface area contributed by atoms with Gasteiger partial charge >= 0.3 is 5.63 Å². The van der Waals surface area contributed by atoms with Crippen molar-refractivity contribution in [2.75, 3.05) is 0 Å². The minimum atomic E-state index is -0.409. The summed E-state index contributed by atoms with van der Waals surface area (Å²) in [6.07, 6.45) is 0.174. The maximum absolute atomic E-state index is 11.3. The molecule has 0 saturated carbocycles. The van der Waals surface area contributed by atoms with Gasteiger partial charge in [0.15, 0.2) is 11.9 Å². The molecule has 0 saturated heterocycles. The zero-order chi connectivity index (χ0) is 12.0. The topological polar surface area (TPSA) is 56.5 Å². The van der Waals surface area contributed by atoms with E-state index in [1.165, 1.54) is 13.0 Å². The van der Waals surface area contributed by atoms with Crippen LogP contribution < -0.4 is 10.4 Å². The first kappa shape index (κ1) is 10.1. The molecule has 0 N–H and O–H groups in total. The summed E-state index contributed by atoms with van der Waals surface area (Å²) in [5.74, 6) is 0.638. The first-order valence-corrected chi connectivity index (χ1v) is 5.37. The van der Waals surface area contributed by atoms with Gasteiger partial charge in [-0.1, -0.05) is 0 Å². The second-order valence-corrected chi connectivity index (χ2v) is 4.17. The van der Waals surface area contributed by atoms with Gasteiger partial charge in [0.1, 0.15) is 11.3 Å². The predicted molar refractivity (Wildman–Crippen MR) is 61.3 cm³/mol. The largest absolute Gasteiger partial charge is 0.482 e. The second-order valence-electron chi connectivity index (χ2n) is 4.17. The molecule has 1 aromatic heterocycles. The quantitative estimate of drug-likeness (QED) is 0.699. The molecule has 4 nitrogen and oxygen atoms in total. The molecule has 0 aliphatic carbocycles. The summed E-state index contributed by atoms with van der Waals surface area (Å²) in [5, 5.41) is 0.844. The van der Waals surface area contributed by atoms with E-state index < -0.39 is 11.7 Å². The van der Waals surface area contributed by atoms with Crippen LogP contribution in [-0.2, 0) is 11.2 Å². The summed E-state index contributed by atoms with van der Waals surface area (Å²) in [6, 6.07) is 6.67. The molecule has 1 aromatic carbocycles. The highest BCUT2D eigenvalue weighted by atomic mass is 16.5. The van der Waals surface area contributed by atoms with Crippen molar-refractivity contribution in [1.29, 1.82) is 0 Å². The van der Waals surface area contributed by atoms with E-state index in [0.29, 0.717) is 17.8 Å². The molecule has 4 heteroatoms. The van der Waals surface area contributed by atoms with Crippen LogP contribution in [0.4, 0.5) is 0 Å². The lowest BCUT2D eigenvalue weighted by Gasteiger charge is -2.05. The molecular weight excluding hydrogens is 220 g/mol. The Kier molecular flexibility index (Phi) is 2.04. The van der Waals surface area contributed by atoms with Crippen LogP contribution in [0.15, 0.2) is 33.5 Å². The molecule has 2 heterocycles. The lowest BCUT2D eigenvalue weighted by molar-refractivity contribution is -0.122. The minimum absolute atomic E-state index is 0.00621. The first-order chi connectivity index (χ1) is 8.13. The van der Waals surface area contributed by atoms with E-state index in [-0.39, 0.29) is 5.78 Å². The van der Waals surface area contributed by atoms with Crippen LogP contribution in [0.1, 0.15) is 12.5 Å². The molecule has 0 fully saturated rings. The Hall–Kier alpha value is -2.10. The molecule has 0 radical (unpaired) electrons. The normalized spacial score (nSPS) is 17.8. The molecule has 86 valence electrons. The van der Waals surface area contributed by atoms with Crippen LogP contribution >= 0.6 is 0 Å². The second kappa shape index (κ2) is 3.45. The first-order valence-electron chi connectivity index (χ1n) is 5.37. The average molecular weight is 230 g/mol. The SMILES string of the molecule is CC(=O)[C@@H]1Cc2cc3ccc(=O)oc3cc2O1. The number of benzene rings is 1. The van der Waals surface area contributed by atoms with Crippen molar-refractivity contribution in [3.05, 3.63) is 40.2 Å². The number of carbonyl (C=O) groups excluding carboxylic acids is 1. The van der Waals surface area contributed by atoms with Crippen molar-refractivity contribution in [2.24, 2.45) is 0 Å². The molecule has 0 amide bonds. The van der Waals surface area contributed by atoms with Crippen molar-refractivity contribution < 1.29 is 13.9 Å². The summed E-state index contributed by atoms with van der Waals surface area (Å²) in [7, 11) is 0. The number of ketones is 1. The molecule has 0 spiro atoms. The molecule has 1 atom stereocenters. The number of Topliss-reactive ketones (excluding diaryl/α,β-unsaturated/α-hetero) is 1. The van der Waals surface area contributed by atoms with Crippen LogP contribution in [-0.4, -0.2) is 11.9 Å². The number of fused-ring (bicyclic) bond motifs is 2. The Morgan fingerprint density at radius 1 is 1.35 bits per heavy atom. The standard InChI is InChI=1S/C13H10O4/c1-7(14)10-5-9-4-8-2-3-13(15)17-11(8)6-12(9)16-10/h2-4,6,10H,5H2,1H3/t10-/m0/s1. The van der Waals surface area contributed by atoms with Gasteiger partial charge in [0.25, 0.3) is 0 Å². The van der Waals surface area contributed by atoms with Gasteiger partial charge in [0.05, 0.1) is 0 Å². The number of ether oxygens (including phenoxy) is 1. The van der Waals surface area contributed by atoms with Crippen molar-refractivity contribution in [3.8, 4) is 5.75 Å². The number of hydrogen-bond acceptors (Lipinski definition) is 4. The summed E-state index contributed by atoms with van der Waals surface area (Å²) in [5.41, 5.74) is 1.07. The number of rotatable bonds is 1. The Morgan fingerprint density at radius 2 is 2.18 bits per heavy atom. The van der Waals surface area contributed by atoms with Crippen LogP contribution in [0, 0.1) is 0 Å². The predicted octanol–water partition coefficient (Wildman–Crippen LogP) is 1.69. The van der Waals surface area contributed by atoms with Gasteiger partial charge in [-0.3, -0.25) is 4.79 Å².